The first-order chi connectivity index (χ1) is 16.4. The van der Waals surface area contributed by atoms with Gasteiger partial charge in [0.25, 0.3) is 0 Å². The number of aromatic nitrogens is 1. The molecule has 0 aliphatic carbocycles. The van der Waals surface area contributed by atoms with Crippen molar-refractivity contribution in [3.8, 4) is 11.5 Å². The molecule has 0 radical (unpaired) electrons. The van der Waals surface area contributed by atoms with Crippen molar-refractivity contribution in [1.82, 2.24) is 4.98 Å². The number of esters is 1. The van der Waals surface area contributed by atoms with Crippen molar-refractivity contribution in [2.45, 2.75) is 25.7 Å². The molecule has 3 aromatic carbocycles. The van der Waals surface area contributed by atoms with Crippen molar-refractivity contribution in [3.63, 3.8) is 0 Å². The van der Waals surface area contributed by atoms with Crippen LogP contribution in [-0.2, 0) is 11.2 Å². The number of carbonyl (C=O) groups excluding carboxylic acids is 1. The number of benzene rings is 3. The summed E-state index contributed by atoms with van der Waals surface area (Å²) < 4.78 is 10.6. The van der Waals surface area contributed by atoms with Crippen LogP contribution in [0.2, 0.25) is 10.0 Å². The zero-order chi connectivity index (χ0) is 24.1. The lowest BCUT2D eigenvalue weighted by Gasteiger charge is -2.14. The molecule has 1 heterocycles. The molecule has 34 heavy (non-hydrogen) atoms. The molecule has 4 nitrogen and oxygen atoms in total. The molecule has 1 aromatic heterocycles. The highest BCUT2D eigenvalue weighted by Crippen LogP contribution is 2.34. The molecule has 0 saturated carbocycles. The molecule has 0 bridgehead atoms. The second-order valence-electron chi connectivity index (χ2n) is 8.02. The number of nitrogens with one attached hydrogen (secondary N) is 1. The number of hydrogen-bond donors (Lipinski definition) is 1. The van der Waals surface area contributed by atoms with Gasteiger partial charge < -0.3 is 14.5 Å². The van der Waals surface area contributed by atoms with Gasteiger partial charge in [0.05, 0.1) is 7.11 Å². The molecular formula is C28H25Cl2NO3. The van der Waals surface area contributed by atoms with Gasteiger partial charge in [-0.1, -0.05) is 48.3 Å². The number of hydrogen-bond acceptors (Lipinski definition) is 3. The molecule has 0 aliphatic rings. The Morgan fingerprint density at radius 1 is 0.971 bits per heavy atom. The predicted molar refractivity (Wildman–Crippen MR) is 138 cm³/mol. The van der Waals surface area contributed by atoms with E-state index >= 15 is 0 Å². The van der Waals surface area contributed by atoms with Crippen LogP contribution in [0.3, 0.4) is 0 Å². The lowest BCUT2D eigenvalue weighted by molar-refractivity contribution is -0.129. The number of ether oxygens (including phenoxy) is 2. The summed E-state index contributed by atoms with van der Waals surface area (Å²) in [5.74, 6) is 1.01. The van der Waals surface area contributed by atoms with Crippen molar-refractivity contribution in [2.24, 2.45) is 0 Å². The maximum absolute atomic E-state index is 12.2. The van der Waals surface area contributed by atoms with Gasteiger partial charge in [-0.05, 0) is 78.6 Å². The van der Waals surface area contributed by atoms with E-state index < -0.39 is 5.97 Å². The summed E-state index contributed by atoms with van der Waals surface area (Å²) in [5, 5.41) is 2.38. The Morgan fingerprint density at radius 2 is 1.65 bits per heavy atom. The van der Waals surface area contributed by atoms with E-state index in [1.807, 2.05) is 36.4 Å². The Morgan fingerprint density at radius 3 is 2.35 bits per heavy atom. The van der Waals surface area contributed by atoms with Crippen LogP contribution in [0.1, 0.15) is 36.1 Å². The number of aromatic amines is 1. The highest BCUT2D eigenvalue weighted by atomic mass is 35.5. The van der Waals surface area contributed by atoms with Crippen LogP contribution < -0.4 is 9.47 Å². The lowest BCUT2D eigenvalue weighted by Crippen LogP contribution is -2.03. The van der Waals surface area contributed by atoms with E-state index in [1.165, 1.54) is 17.2 Å². The first kappa shape index (κ1) is 23.9. The number of methoxy groups -OCH3 is 1. The third-order valence-electron chi connectivity index (χ3n) is 5.80. The smallest absolute Gasteiger partial charge is 0.335 e. The maximum Gasteiger partial charge on any atom is 0.335 e. The van der Waals surface area contributed by atoms with E-state index in [9.17, 15) is 4.79 Å². The summed E-state index contributed by atoms with van der Waals surface area (Å²) in [6.07, 6.45) is 4.73. The van der Waals surface area contributed by atoms with E-state index in [1.54, 1.807) is 31.4 Å². The predicted octanol–water partition coefficient (Wildman–Crippen LogP) is 7.73. The van der Waals surface area contributed by atoms with Crippen LogP contribution in [-0.4, -0.2) is 18.1 Å². The highest BCUT2D eigenvalue weighted by Gasteiger charge is 2.18. The average molecular weight is 494 g/mol. The summed E-state index contributed by atoms with van der Waals surface area (Å²) in [5.41, 5.74) is 4.55. The minimum atomic E-state index is -0.420. The van der Waals surface area contributed by atoms with Crippen LogP contribution in [0.15, 0.2) is 78.9 Å². The maximum atomic E-state index is 12.2. The van der Waals surface area contributed by atoms with Gasteiger partial charge in [-0.25, -0.2) is 4.79 Å². The van der Waals surface area contributed by atoms with Gasteiger partial charge in [-0.3, -0.25) is 0 Å². The van der Waals surface area contributed by atoms with Crippen LogP contribution in [0, 0.1) is 0 Å². The number of fused-ring (bicyclic) bond motifs is 1. The number of aryl methyl sites for hydroxylation is 1. The molecule has 0 fully saturated rings. The average Bonchev–Trinajstić information content (AvgIpc) is 3.20. The molecule has 4 rings (SSSR count). The van der Waals surface area contributed by atoms with Crippen LogP contribution in [0.5, 0.6) is 11.5 Å². The molecule has 174 valence electrons. The Kier molecular flexibility index (Phi) is 7.61. The molecule has 0 aliphatic heterocycles. The number of halogens is 2. The van der Waals surface area contributed by atoms with Gasteiger partial charge in [0.2, 0.25) is 0 Å². The normalized spacial score (nSPS) is 12.2. The van der Waals surface area contributed by atoms with Crippen molar-refractivity contribution in [1.29, 1.82) is 0 Å². The van der Waals surface area contributed by atoms with Gasteiger partial charge in [0.1, 0.15) is 11.5 Å². The zero-order valence-electron chi connectivity index (χ0n) is 19.0. The second-order valence-corrected chi connectivity index (χ2v) is 8.89. The van der Waals surface area contributed by atoms with E-state index in [-0.39, 0.29) is 5.92 Å². The largest absolute Gasteiger partial charge is 0.497 e. The fourth-order valence-corrected chi connectivity index (χ4v) is 4.30. The Balaban J connectivity index is 1.52. The molecule has 0 amide bonds. The minimum absolute atomic E-state index is 0.144. The monoisotopic (exact) mass is 493 g/mol. The Hall–Kier alpha value is -3.21. The number of H-pyrrole nitrogens is 1. The van der Waals surface area contributed by atoms with E-state index in [0.717, 1.165) is 28.8 Å². The van der Waals surface area contributed by atoms with Crippen LogP contribution >= 0.6 is 23.2 Å². The Bertz CT molecular complexity index is 1310. The fourth-order valence-electron chi connectivity index (χ4n) is 4.00. The van der Waals surface area contributed by atoms with Crippen molar-refractivity contribution in [3.05, 3.63) is 106 Å². The SMILES string of the molecule is COc1ccc(C(C)c2[nH]c3ccc(Cl)cc3c2CCC=CC(=O)Oc2ccc(Cl)cc2)cc1. The van der Waals surface area contributed by atoms with Crippen molar-refractivity contribution in [2.75, 3.05) is 7.11 Å². The summed E-state index contributed by atoms with van der Waals surface area (Å²) in [6.45, 7) is 2.18. The molecule has 0 saturated heterocycles. The molecule has 6 heteroatoms. The summed E-state index contributed by atoms with van der Waals surface area (Å²) in [7, 11) is 1.66. The van der Waals surface area contributed by atoms with Crippen molar-refractivity contribution < 1.29 is 14.3 Å². The topological polar surface area (TPSA) is 51.3 Å². The molecule has 1 unspecified atom stereocenters. The molecule has 1 atom stereocenters. The quantitative estimate of drug-likeness (QED) is 0.155. The number of rotatable bonds is 8. The molecular weight excluding hydrogens is 469 g/mol. The van der Waals surface area contributed by atoms with E-state index in [4.69, 9.17) is 32.7 Å². The standard InChI is InChI=1S/C28H25Cl2NO3/c1-18(19-7-12-22(33-2)13-8-19)28-24(25-17-21(30)11-16-26(25)31-28)5-3-4-6-27(32)34-23-14-9-20(29)10-15-23/h4,6-18,31H,3,5H2,1-2H3. The van der Waals surface area contributed by atoms with E-state index in [2.05, 4.69) is 24.0 Å². The number of carbonyl (C=O) groups is 1. The van der Waals surface area contributed by atoms with E-state index in [0.29, 0.717) is 22.2 Å². The van der Waals surface area contributed by atoms with Gasteiger partial charge in [-0.2, -0.15) is 0 Å². The molecule has 0 spiro atoms. The summed E-state index contributed by atoms with van der Waals surface area (Å²) in [6, 6.07) is 20.7. The third kappa shape index (κ3) is 5.64. The van der Waals surface area contributed by atoms with Crippen LogP contribution in [0.4, 0.5) is 0 Å². The Labute approximate surface area is 209 Å². The second kappa shape index (κ2) is 10.8. The van der Waals surface area contributed by atoms with Gasteiger partial charge in [-0.15, -0.1) is 0 Å². The molecule has 4 aromatic rings. The van der Waals surface area contributed by atoms with Crippen molar-refractivity contribution >= 4 is 40.1 Å². The van der Waals surface area contributed by atoms with Gasteiger partial charge in [0, 0.05) is 38.6 Å². The zero-order valence-corrected chi connectivity index (χ0v) is 20.5. The molecule has 1 N–H and O–H groups in total. The first-order valence-corrected chi connectivity index (χ1v) is 11.8. The first-order valence-electron chi connectivity index (χ1n) is 11.0. The third-order valence-corrected chi connectivity index (χ3v) is 6.28. The van der Waals surface area contributed by atoms with Crippen LogP contribution in [0.25, 0.3) is 10.9 Å². The minimum Gasteiger partial charge on any atom is -0.497 e. The fraction of sp³-hybridized carbons (Fsp3) is 0.179. The highest BCUT2D eigenvalue weighted by molar-refractivity contribution is 6.31. The summed E-state index contributed by atoms with van der Waals surface area (Å²) in [4.78, 5) is 15.7. The lowest BCUT2D eigenvalue weighted by atomic mass is 9.92. The summed E-state index contributed by atoms with van der Waals surface area (Å²) >= 11 is 12.2. The van der Waals surface area contributed by atoms with Gasteiger partial charge in [0.15, 0.2) is 0 Å². The number of allylic oxidation sites excluding steroid dienone is 1. The van der Waals surface area contributed by atoms with Gasteiger partial charge >= 0.3 is 5.97 Å².